The van der Waals surface area contributed by atoms with Crippen LogP contribution in [0.15, 0.2) is 0 Å². The molecule has 0 spiro atoms. The lowest BCUT2D eigenvalue weighted by atomic mass is 9.99. The normalized spacial score (nSPS) is 30.7. The summed E-state index contributed by atoms with van der Waals surface area (Å²) in [4.78, 5) is 2.52. The quantitative estimate of drug-likeness (QED) is 0.661. The monoisotopic (exact) mass is 186 g/mol. The minimum atomic E-state index is 0.425. The predicted octanol–water partition coefficient (Wildman–Crippen LogP) is 0.835. The molecule has 1 aliphatic heterocycles. The van der Waals surface area contributed by atoms with Gasteiger partial charge in [-0.15, -0.1) is 0 Å². The summed E-state index contributed by atoms with van der Waals surface area (Å²) < 4.78 is 5.04. The van der Waals surface area contributed by atoms with Gasteiger partial charge in [-0.05, 0) is 32.7 Å². The van der Waals surface area contributed by atoms with Gasteiger partial charge in [-0.25, -0.2) is 0 Å². The molecule has 0 saturated carbocycles. The number of hydrogen-bond donors (Lipinski definition) is 1. The van der Waals surface area contributed by atoms with Crippen molar-refractivity contribution < 1.29 is 4.74 Å². The van der Waals surface area contributed by atoms with Crippen LogP contribution in [0.3, 0.4) is 0 Å². The fourth-order valence-corrected chi connectivity index (χ4v) is 2.00. The van der Waals surface area contributed by atoms with Gasteiger partial charge in [0.05, 0.1) is 0 Å². The lowest BCUT2D eigenvalue weighted by Crippen LogP contribution is -2.45. The van der Waals surface area contributed by atoms with Gasteiger partial charge in [-0.2, -0.15) is 0 Å². The maximum atomic E-state index is 5.89. The van der Waals surface area contributed by atoms with Crippen molar-refractivity contribution in [1.29, 1.82) is 0 Å². The Morgan fingerprint density at radius 1 is 1.54 bits per heavy atom. The molecule has 3 heteroatoms. The molecular weight excluding hydrogens is 164 g/mol. The summed E-state index contributed by atoms with van der Waals surface area (Å²) in [7, 11) is 1.76. The Kier molecular flexibility index (Phi) is 4.70. The van der Waals surface area contributed by atoms with Crippen LogP contribution in [0.4, 0.5) is 0 Å². The predicted molar refractivity (Wildman–Crippen MR) is 54.7 cm³/mol. The van der Waals surface area contributed by atoms with E-state index in [0.29, 0.717) is 12.1 Å². The van der Waals surface area contributed by atoms with Crippen molar-refractivity contribution in [2.75, 3.05) is 26.8 Å². The zero-order chi connectivity index (χ0) is 9.68. The van der Waals surface area contributed by atoms with Gasteiger partial charge in [0.25, 0.3) is 0 Å². The molecular formula is C10H22N2O. The van der Waals surface area contributed by atoms with E-state index in [1.165, 1.54) is 0 Å². The van der Waals surface area contributed by atoms with E-state index in [1.807, 2.05) is 0 Å². The third kappa shape index (κ3) is 3.63. The van der Waals surface area contributed by atoms with E-state index in [1.54, 1.807) is 7.11 Å². The van der Waals surface area contributed by atoms with Gasteiger partial charge in [0, 0.05) is 32.3 Å². The number of methoxy groups -OCH3 is 1. The second kappa shape index (κ2) is 5.58. The van der Waals surface area contributed by atoms with E-state index in [0.717, 1.165) is 39.0 Å². The van der Waals surface area contributed by atoms with Gasteiger partial charge in [0.2, 0.25) is 0 Å². The van der Waals surface area contributed by atoms with Crippen LogP contribution in [0.5, 0.6) is 0 Å². The molecule has 0 radical (unpaired) electrons. The fraction of sp³-hybridized carbons (Fsp3) is 1.00. The van der Waals surface area contributed by atoms with Gasteiger partial charge in [-0.3, -0.25) is 0 Å². The molecule has 1 rings (SSSR count). The van der Waals surface area contributed by atoms with Gasteiger partial charge in [-0.1, -0.05) is 0 Å². The molecule has 0 aromatic heterocycles. The van der Waals surface area contributed by atoms with Crippen molar-refractivity contribution >= 4 is 0 Å². The molecule has 0 aromatic rings. The first-order chi connectivity index (χ1) is 6.24. The van der Waals surface area contributed by atoms with Crippen molar-refractivity contribution in [2.45, 2.75) is 38.3 Å². The van der Waals surface area contributed by atoms with Crippen molar-refractivity contribution in [3.05, 3.63) is 0 Å². The zero-order valence-corrected chi connectivity index (χ0v) is 8.83. The molecule has 13 heavy (non-hydrogen) atoms. The number of likely N-dealkylation sites (tertiary alicyclic amines) is 1. The van der Waals surface area contributed by atoms with Gasteiger partial charge >= 0.3 is 0 Å². The maximum absolute atomic E-state index is 5.89. The Balaban J connectivity index is 2.18. The number of ether oxygens (including phenoxy) is 1. The van der Waals surface area contributed by atoms with Crippen molar-refractivity contribution in [1.82, 2.24) is 4.90 Å². The van der Waals surface area contributed by atoms with E-state index in [2.05, 4.69) is 11.8 Å². The highest BCUT2D eigenvalue weighted by atomic mass is 16.5. The molecule has 2 unspecified atom stereocenters. The minimum absolute atomic E-state index is 0.425. The van der Waals surface area contributed by atoms with Crippen molar-refractivity contribution in [3.63, 3.8) is 0 Å². The Morgan fingerprint density at radius 3 is 2.92 bits per heavy atom. The molecule has 2 N–H and O–H groups in total. The van der Waals surface area contributed by atoms with Crippen LogP contribution in [-0.2, 0) is 4.74 Å². The topological polar surface area (TPSA) is 38.5 Å². The van der Waals surface area contributed by atoms with Crippen LogP contribution in [0.2, 0.25) is 0 Å². The maximum Gasteiger partial charge on any atom is 0.0474 e. The minimum Gasteiger partial charge on any atom is -0.385 e. The summed E-state index contributed by atoms with van der Waals surface area (Å²) in [6.07, 6.45) is 3.43. The summed E-state index contributed by atoms with van der Waals surface area (Å²) in [6, 6.07) is 1.08. The van der Waals surface area contributed by atoms with Gasteiger partial charge in [0.15, 0.2) is 0 Å². The summed E-state index contributed by atoms with van der Waals surface area (Å²) in [6.45, 7) is 5.45. The van der Waals surface area contributed by atoms with E-state index in [-0.39, 0.29) is 0 Å². The lowest BCUT2D eigenvalue weighted by molar-refractivity contribution is 0.123. The molecule has 1 saturated heterocycles. The Bertz CT molecular complexity index is 141. The third-order valence-corrected chi connectivity index (χ3v) is 2.85. The van der Waals surface area contributed by atoms with Crippen LogP contribution < -0.4 is 5.73 Å². The molecule has 1 aliphatic rings. The standard InChI is InChI=1S/C10H22N2O/c1-9-8-10(11)4-6-12(9)5-3-7-13-2/h9-10H,3-8,11H2,1-2H3. The first-order valence-electron chi connectivity index (χ1n) is 5.22. The van der Waals surface area contributed by atoms with E-state index in [4.69, 9.17) is 10.5 Å². The lowest BCUT2D eigenvalue weighted by Gasteiger charge is -2.36. The molecule has 1 heterocycles. The number of piperidine rings is 1. The average Bonchev–Trinajstić information content (AvgIpc) is 2.09. The van der Waals surface area contributed by atoms with Crippen LogP contribution >= 0.6 is 0 Å². The summed E-state index contributed by atoms with van der Waals surface area (Å²) >= 11 is 0. The number of rotatable bonds is 4. The zero-order valence-electron chi connectivity index (χ0n) is 8.83. The number of nitrogens with two attached hydrogens (primary N) is 1. The van der Waals surface area contributed by atoms with Crippen LogP contribution in [-0.4, -0.2) is 43.8 Å². The van der Waals surface area contributed by atoms with Crippen LogP contribution in [0, 0.1) is 0 Å². The van der Waals surface area contributed by atoms with Crippen LogP contribution in [0.1, 0.15) is 26.2 Å². The SMILES string of the molecule is COCCCN1CCC(N)CC1C. The Hall–Kier alpha value is -0.120. The highest BCUT2D eigenvalue weighted by Gasteiger charge is 2.22. The second-order valence-corrected chi connectivity index (χ2v) is 4.02. The summed E-state index contributed by atoms with van der Waals surface area (Å²) in [5.74, 6) is 0. The van der Waals surface area contributed by atoms with E-state index in [9.17, 15) is 0 Å². The Morgan fingerprint density at radius 2 is 2.31 bits per heavy atom. The van der Waals surface area contributed by atoms with E-state index < -0.39 is 0 Å². The molecule has 3 nitrogen and oxygen atoms in total. The molecule has 1 fully saturated rings. The van der Waals surface area contributed by atoms with Gasteiger partial charge in [0.1, 0.15) is 0 Å². The average molecular weight is 186 g/mol. The Labute approximate surface area is 81.2 Å². The first-order valence-corrected chi connectivity index (χ1v) is 5.22. The number of hydrogen-bond acceptors (Lipinski definition) is 3. The molecule has 0 bridgehead atoms. The summed E-state index contributed by atoms with van der Waals surface area (Å²) in [5.41, 5.74) is 5.89. The molecule has 78 valence electrons. The van der Waals surface area contributed by atoms with Crippen molar-refractivity contribution in [2.24, 2.45) is 5.73 Å². The molecule has 0 amide bonds. The highest BCUT2D eigenvalue weighted by molar-refractivity contribution is 4.80. The molecule has 0 aromatic carbocycles. The van der Waals surface area contributed by atoms with Crippen molar-refractivity contribution in [3.8, 4) is 0 Å². The highest BCUT2D eigenvalue weighted by Crippen LogP contribution is 2.15. The largest absolute Gasteiger partial charge is 0.385 e. The molecule has 2 atom stereocenters. The van der Waals surface area contributed by atoms with Gasteiger partial charge < -0.3 is 15.4 Å². The van der Waals surface area contributed by atoms with E-state index >= 15 is 0 Å². The molecule has 0 aliphatic carbocycles. The fourth-order valence-electron chi connectivity index (χ4n) is 2.00. The summed E-state index contributed by atoms with van der Waals surface area (Å²) in [5, 5.41) is 0. The van der Waals surface area contributed by atoms with Crippen LogP contribution in [0.25, 0.3) is 0 Å². The smallest absolute Gasteiger partial charge is 0.0474 e. The second-order valence-electron chi connectivity index (χ2n) is 4.02. The first kappa shape index (κ1) is 11.0. The number of nitrogens with zero attached hydrogens (tertiary/aromatic N) is 1. The third-order valence-electron chi connectivity index (χ3n) is 2.85.